The van der Waals surface area contributed by atoms with E-state index in [1.54, 1.807) is 6.20 Å². The van der Waals surface area contributed by atoms with E-state index in [2.05, 4.69) is 38.1 Å². The Morgan fingerprint density at radius 3 is 2.70 bits per heavy atom. The lowest BCUT2D eigenvalue weighted by Gasteiger charge is -2.31. The zero-order valence-corrected chi connectivity index (χ0v) is 21.6. The van der Waals surface area contributed by atoms with Gasteiger partial charge in [0.15, 0.2) is 5.82 Å². The van der Waals surface area contributed by atoms with Gasteiger partial charge in [0.1, 0.15) is 5.02 Å². The molecule has 1 aromatic heterocycles. The number of aromatic nitrogens is 2. The summed E-state index contributed by atoms with van der Waals surface area (Å²) in [5.74, 6) is 1.45. The number of carbonyl (C=O) groups is 2. The third kappa shape index (κ3) is 6.20. The number of anilines is 5. The van der Waals surface area contributed by atoms with Crippen molar-refractivity contribution in [2.45, 2.75) is 45.4 Å². The van der Waals surface area contributed by atoms with Gasteiger partial charge in [-0.1, -0.05) is 30.7 Å². The first-order chi connectivity index (χ1) is 18.0. The molecule has 2 amide bonds. The fourth-order valence-electron chi connectivity index (χ4n) is 4.94. The topological polar surface area (TPSA) is 99.3 Å². The Morgan fingerprint density at radius 1 is 1.08 bits per heavy atom. The number of aryl methyl sites for hydroxylation is 2. The third-order valence-electron chi connectivity index (χ3n) is 7.00. The lowest BCUT2D eigenvalue weighted by atomic mass is 9.93. The quantitative estimate of drug-likeness (QED) is 0.410. The average molecular weight is 519 g/mol. The Balaban J connectivity index is 1.34. The molecule has 1 fully saturated rings. The normalized spacial score (nSPS) is 15.4. The molecule has 1 saturated heterocycles. The Hall–Kier alpha value is -3.65. The van der Waals surface area contributed by atoms with Crippen molar-refractivity contribution in [1.29, 1.82) is 0 Å². The van der Waals surface area contributed by atoms with Crippen LogP contribution in [-0.2, 0) is 22.4 Å². The van der Waals surface area contributed by atoms with Gasteiger partial charge in [-0.2, -0.15) is 4.98 Å². The molecule has 0 radical (unpaired) electrons. The first-order valence-electron chi connectivity index (χ1n) is 12.8. The molecule has 9 heteroatoms. The minimum atomic E-state index is 0.00910. The number of likely N-dealkylation sites (tertiary alicyclic amines) is 1. The molecule has 0 atom stereocenters. The van der Waals surface area contributed by atoms with Gasteiger partial charge >= 0.3 is 0 Å². The summed E-state index contributed by atoms with van der Waals surface area (Å²) >= 11 is 6.37. The standard InChI is InChI=1S/C28H31ClN6O2/c1-2-26(37)35-12-10-19(11-13-35)15-25(36)33-24-9-8-22-16-20(24)7-6-18-4-3-5-21(14-18)32-28-30-17-23(29)27(31-22)34-28/h3-5,8-9,14,16-17,19H,2,6-7,10-13,15H2,1H3,(H,33,36)(H2,30,31,32,34). The minimum Gasteiger partial charge on any atom is -0.343 e. The van der Waals surface area contributed by atoms with E-state index in [0.717, 1.165) is 61.4 Å². The number of fused-ring (bicyclic) bond motifs is 6. The van der Waals surface area contributed by atoms with E-state index in [1.165, 1.54) is 5.56 Å². The predicted octanol–water partition coefficient (Wildman–Crippen LogP) is 5.69. The molecule has 0 unspecified atom stereocenters. The molecular formula is C28H31ClN6O2. The van der Waals surface area contributed by atoms with Crippen LogP contribution in [0.15, 0.2) is 48.7 Å². The second-order valence-electron chi connectivity index (χ2n) is 9.64. The smallest absolute Gasteiger partial charge is 0.229 e. The van der Waals surface area contributed by atoms with Crippen LogP contribution >= 0.6 is 11.6 Å². The molecule has 0 saturated carbocycles. The van der Waals surface area contributed by atoms with Crippen molar-refractivity contribution >= 4 is 52.2 Å². The van der Waals surface area contributed by atoms with Gasteiger partial charge in [-0.15, -0.1) is 0 Å². The van der Waals surface area contributed by atoms with Gasteiger partial charge in [0.05, 0.1) is 6.20 Å². The van der Waals surface area contributed by atoms with E-state index < -0.39 is 0 Å². The largest absolute Gasteiger partial charge is 0.343 e. The molecule has 2 aliphatic heterocycles. The van der Waals surface area contributed by atoms with Crippen LogP contribution in [0.5, 0.6) is 0 Å². The van der Waals surface area contributed by atoms with Crippen molar-refractivity contribution < 1.29 is 9.59 Å². The molecule has 192 valence electrons. The zero-order valence-electron chi connectivity index (χ0n) is 20.9. The summed E-state index contributed by atoms with van der Waals surface area (Å²) in [6.07, 6.45) is 5.85. The maximum absolute atomic E-state index is 13.0. The lowest BCUT2D eigenvalue weighted by molar-refractivity contribution is -0.132. The van der Waals surface area contributed by atoms with Crippen molar-refractivity contribution in [2.24, 2.45) is 5.92 Å². The second kappa shape index (κ2) is 11.2. The van der Waals surface area contributed by atoms with Gasteiger partial charge in [-0.3, -0.25) is 9.59 Å². The molecule has 0 aliphatic carbocycles. The van der Waals surface area contributed by atoms with Crippen molar-refractivity contribution in [3.8, 4) is 0 Å². The van der Waals surface area contributed by atoms with Crippen molar-refractivity contribution in [2.75, 3.05) is 29.0 Å². The molecule has 3 aromatic rings. The number of nitrogens with zero attached hydrogens (tertiary/aromatic N) is 3. The van der Waals surface area contributed by atoms with E-state index in [9.17, 15) is 9.59 Å². The van der Waals surface area contributed by atoms with Crippen LogP contribution in [-0.4, -0.2) is 39.8 Å². The Kier molecular flexibility index (Phi) is 7.55. The van der Waals surface area contributed by atoms with Gasteiger partial charge in [-0.25, -0.2) is 4.98 Å². The van der Waals surface area contributed by atoms with Gasteiger partial charge in [0.25, 0.3) is 0 Å². The first-order valence-corrected chi connectivity index (χ1v) is 13.2. The molecule has 0 spiro atoms. The van der Waals surface area contributed by atoms with Crippen molar-refractivity contribution in [1.82, 2.24) is 14.9 Å². The molecule has 6 bridgehead atoms. The molecule has 37 heavy (non-hydrogen) atoms. The average Bonchev–Trinajstić information content (AvgIpc) is 2.91. The molecule has 3 N–H and O–H groups in total. The van der Waals surface area contributed by atoms with Crippen LogP contribution in [0.25, 0.3) is 0 Å². The monoisotopic (exact) mass is 518 g/mol. The Morgan fingerprint density at radius 2 is 1.89 bits per heavy atom. The van der Waals surface area contributed by atoms with Gasteiger partial charge in [-0.05, 0) is 73.1 Å². The SMILES string of the molecule is CCC(=O)N1CCC(CC(=O)Nc2ccc3cc2CCc2cccc(c2)Nc2ncc(Cl)c(n2)N3)CC1. The molecule has 8 nitrogen and oxygen atoms in total. The molecule has 5 rings (SSSR count). The number of carbonyl (C=O) groups excluding carboxylic acids is 2. The minimum absolute atomic E-state index is 0.00910. The fraction of sp³-hybridized carbons (Fsp3) is 0.357. The lowest BCUT2D eigenvalue weighted by Crippen LogP contribution is -2.38. The molecule has 3 heterocycles. The van der Waals surface area contributed by atoms with Crippen LogP contribution in [0.4, 0.5) is 28.8 Å². The van der Waals surface area contributed by atoms with Crippen LogP contribution in [0, 0.1) is 5.92 Å². The summed E-state index contributed by atoms with van der Waals surface area (Å²) in [6, 6.07) is 14.0. The van der Waals surface area contributed by atoms with Crippen molar-refractivity contribution in [3.63, 3.8) is 0 Å². The number of amides is 2. The van der Waals surface area contributed by atoms with E-state index in [1.807, 2.05) is 42.2 Å². The summed E-state index contributed by atoms with van der Waals surface area (Å²) in [4.78, 5) is 35.7. The summed E-state index contributed by atoms with van der Waals surface area (Å²) in [5.41, 5.74) is 4.75. The van der Waals surface area contributed by atoms with Gasteiger partial charge in [0.2, 0.25) is 17.8 Å². The number of halogens is 1. The second-order valence-corrected chi connectivity index (χ2v) is 10.0. The zero-order chi connectivity index (χ0) is 25.8. The van der Waals surface area contributed by atoms with Crippen LogP contribution < -0.4 is 16.0 Å². The maximum atomic E-state index is 13.0. The van der Waals surface area contributed by atoms with Crippen molar-refractivity contribution in [3.05, 3.63) is 64.8 Å². The summed E-state index contributed by atoms with van der Waals surface area (Å²) in [6.45, 7) is 3.36. The molecular weight excluding hydrogens is 488 g/mol. The van der Waals surface area contributed by atoms with E-state index >= 15 is 0 Å². The Labute approximate surface area is 221 Å². The van der Waals surface area contributed by atoms with Crippen LogP contribution in [0.3, 0.4) is 0 Å². The number of hydrogen-bond acceptors (Lipinski definition) is 6. The highest BCUT2D eigenvalue weighted by Crippen LogP contribution is 2.30. The number of piperidine rings is 1. The fourth-order valence-corrected chi connectivity index (χ4v) is 5.08. The highest BCUT2D eigenvalue weighted by Gasteiger charge is 2.24. The first kappa shape index (κ1) is 25.0. The molecule has 2 aliphatic rings. The Bertz CT molecular complexity index is 1310. The number of nitrogens with one attached hydrogen (secondary N) is 3. The van der Waals surface area contributed by atoms with E-state index in [0.29, 0.717) is 29.6 Å². The predicted molar refractivity (Wildman–Crippen MR) is 147 cm³/mol. The highest BCUT2D eigenvalue weighted by atomic mass is 35.5. The van der Waals surface area contributed by atoms with Gasteiger partial charge in [0, 0.05) is 43.0 Å². The number of hydrogen-bond donors (Lipinski definition) is 3. The maximum Gasteiger partial charge on any atom is 0.229 e. The van der Waals surface area contributed by atoms with Crippen LogP contribution in [0.2, 0.25) is 5.02 Å². The summed E-state index contributed by atoms with van der Waals surface area (Å²) in [7, 11) is 0. The van der Waals surface area contributed by atoms with Crippen LogP contribution in [0.1, 0.15) is 43.7 Å². The van der Waals surface area contributed by atoms with Gasteiger partial charge < -0.3 is 20.9 Å². The molecule has 2 aromatic carbocycles. The summed E-state index contributed by atoms with van der Waals surface area (Å²) in [5, 5.41) is 10.1. The number of benzene rings is 2. The number of rotatable bonds is 4. The summed E-state index contributed by atoms with van der Waals surface area (Å²) < 4.78 is 0. The van der Waals surface area contributed by atoms with E-state index in [-0.39, 0.29) is 17.7 Å². The highest BCUT2D eigenvalue weighted by molar-refractivity contribution is 6.32. The third-order valence-corrected chi connectivity index (χ3v) is 7.27. The van der Waals surface area contributed by atoms with E-state index in [4.69, 9.17) is 11.6 Å².